The zero-order valence-electron chi connectivity index (χ0n) is 12.8. The zero-order valence-corrected chi connectivity index (χ0v) is 12.8. The van der Waals surface area contributed by atoms with Gasteiger partial charge < -0.3 is 15.5 Å². The van der Waals surface area contributed by atoms with Crippen molar-refractivity contribution in [1.82, 2.24) is 5.32 Å². The fraction of sp³-hybridized carbons (Fsp3) is 0.867. The number of rotatable bonds is 5. The largest absolute Gasteiger partial charge is 0.481 e. The molecule has 0 aromatic carbocycles. The van der Waals surface area contributed by atoms with E-state index in [1.165, 1.54) is 0 Å². The summed E-state index contributed by atoms with van der Waals surface area (Å²) in [6, 6.07) is -0.148. The predicted molar refractivity (Wildman–Crippen MR) is 76.1 cm³/mol. The Labute approximate surface area is 120 Å². The van der Waals surface area contributed by atoms with Crippen LogP contribution in [0, 0.1) is 23.2 Å². The average Bonchev–Trinajstić information content (AvgIpc) is 2.69. The topological polar surface area (TPSA) is 86.6 Å². The molecule has 116 valence electrons. The molecule has 3 N–H and O–H groups in total. The number of carbonyl (C=O) groups excluding carboxylic acids is 1. The minimum atomic E-state index is -0.885. The summed E-state index contributed by atoms with van der Waals surface area (Å²) in [5, 5.41) is 21.3. The molecule has 1 rings (SSSR count). The molecule has 1 fully saturated rings. The molecule has 0 saturated heterocycles. The van der Waals surface area contributed by atoms with Crippen molar-refractivity contribution in [3.05, 3.63) is 0 Å². The lowest BCUT2D eigenvalue weighted by atomic mass is 9.84. The van der Waals surface area contributed by atoms with Crippen LogP contribution in [0.3, 0.4) is 0 Å². The van der Waals surface area contributed by atoms with Gasteiger partial charge in [0.25, 0.3) is 0 Å². The van der Waals surface area contributed by atoms with Crippen LogP contribution in [-0.2, 0) is 9.59 Å². The van der Waals surface area contributed by atoms with Gasteiger partial charge >= 0.3 is 5.97 Å². The van der Waals surface area contributed by atoms with Crippen molar-refractivity contribution in [2.45, 2.75) is 53.0 Å². The van der Waals surface area contributed by atoms with Gasteiger partial charge in [-0.3, -0.25) is 9.59 Å². The number of amides is 1. The second-order valence-electron chi connectivity index (χ2n) is 7.07. The van der Waals surface area contributed by atoms with Gasteiger partial charge in [0.1, 0.15) is 0 Å². The maximum Gasteiger partial charge on any atom is 0.307 e. The van der Waals surface area contributed by atoms with Gasteiger partial charge in [-0.15, -0.1) is 0 Å². The molecule has 1 aliphatic rings. The third-order valence-corrected chi connectivity index (χ3v) is 4.23. The normalized spacial score (nSPS) is 28.1. The van der Waals surface area contributed by atoms with Gasteiger partial charge in [0.15, 0.2) is 0 Å². The monoisotopic (exact) mass is 285 g/mol. The van der Waals surface area contributed by atoms with E-state index in [9.17, 15) is 14.7 Å². The van der Waals surface area contributed by atoms with Gasteiger partial charge in [-0.1, -0.05) is 27.7 Å². The molecule has 0 bridgehead atoms. The van der Waals surface area contributed by atoms with Crippen molar-refractivity contribution in [1.29, 1.82) is 0 Å². The Morgan fingerprint density at radius 1 is 1.25 bits per heavy atom. The van der Waals surface area contributed by atoms with Crippen LogP contribution in [0.25, 0.3) is 0 Å². The fourth-order valence-corrected chi connectivity index (χ4v) is 2.98. The number of carboxylic acids is 1. The summed E-state index contributed by atoms with van der Waals surface area (Å²) in [6.07, 6.45) is 1.67. The molecule has 20 heavy (non-hydrogen) atoms. The highest BCUT2D eigenvalue weighted by molar-refractivity contribution is 5.85. The minimum Gasteiger partial charge on any atom is -0.481 e. The van der Waals surface area contributed by atoms with Crippen LogP contribution in [-0.4, -0.2) is 34.7 Å². The zero-order chi connectivity index (χ0) is 15.5. The first-order chi connectivity index (χ1) is 9.16. The van der Waals surface area contributed by atoms with E-state index >= 15 is 0 Å². The summed E-state index contributed by atoms with van der Waals surface area (Å²) in [4.78, 5) is 23.6. The molecule has 4 atom stereocenters. The Balaban J connectivity index is 2.75. The van der Waals surface area contributed by atoms with Crippen molar-refractivity contribution >= 4 is 11.9 Å². The van der Waals surface area contributed by atoms with E-state index in [4.69, 9.17) is 5.11 Å². The minimum absolute atomic E-state index is 0.00560. The molecule has 5 heteroatoms. The van der Waals surface area contributed by atoms with Crippen LogP contribution in [0.15, 0.2) is 0 Å². The summed E-state index contributed by atoms with van der Waals surface area (Å²) in [7, 11) is 0. The van der Waals surface area contributed by atoms with E-state index in [0.717, 1.165) is 0 Å². The first-order valence-electron chi connectivity index (χ1n) is 7.30. The molecule has 4 unspecified atom stereocenters. The molecule has 1 amide bonds. The molecule has 0 aromatic rings. The number of hydrogen-bond donors (Lipinski definition) is 3. The third-order valence-electron chi connectivity index (χ3n) is 4.23. The smallest absolute Gasteiger partial charge is 0.307 e. The van der Waals surface area contributed by atoms with Crippen molar-refractivity contribution in [3.8, 4) is 0 Å². The van der Waals surface area contributed by atoms with Gasteiger partial charge in [0, 0.05) is 12.6 Å². The predicted octanol–water partition coefficient (Wildman–Crippen LogP) is 1.65. The molecular formula is C15H27NO4. The van der Waals surface area contributed by atoms with E-state index in [1.54, 1.807) is 0 Å². The number of aliphatic hydroxyl groups excluding tert-OH is 1. The van der Waals surface area contributed by atoms with Gasteiger partial charge in [-0.25, -0.2) is 0 Å². The Bertz CT molecular complexity index is 361. The molecule has 0 spiro atoms. The highest BCUT2D eigenvalue weighted by Crippen LogP contribution is 2.37. The second-order valence-corrected chi connectivity index (χ2v) is 7.07. The molecular weight excluding hydrogens is 258 g/mol. The van der Waals surface area contributed by atoms with Crippen LogP contribution < -0.4 is 5.32 Å². The molecule has 5 nitrogen and oxygen atoms in total. The Morgan fingerprint density at radius 3 is 2.25 bits per heavy atom. The quantitative estimate of drug-likeness (QED) is 0.717. The van der Waals surface area contributed by atoms with Gasteiger partial charge in [0.2, 0.25) is 5.91 Å². The summed E-state index contributed by atoms with van der Waals surface area (Å²) in [6.45, 7) is 7.99. The second kappa shape index (κ2) is 6.57. The first kappa shape index (κ1) is 17.0. The van der Waals surface area contributed by atoms with Crippen LogP contribution in [0.2, 0.25) is 0 Å². The summed E-state index contributed by atoms with van der Waals surface area (Å²) >= 11 is 0. The van der Waals surface area contributed by atoms with E-state index in [-0.39, 0.29) is 29.9 Å². The highest BCUT2D eigenvalue weighted by Gasteiger charge is 2.42. The summed E-state index contributed by atoms with van der Waals surface area (Å²) in [5.41, 5.74) is -0.165. The van der Waals surface area contributed by atoms with E-state index in [1.807, 2.05) is 27.7 Å². The van der Waals surface area contributed by atoms with Crippen molar-refractivity contribution in [2.24, 2.45) is 23.2 Å². The number of carboxylic acid groups (broad SMARTS) is 1. The van der Waals surface area contributed by atoms with Crippen molar-refractivity contribution in [3.63, 3.8) is 0 Å². The third kappa shape index (κ3) is 4.20. The molecule has 0 aliphatic heterocycles. The van der Waals surface area contributed by atoms with Crippen LogP contribution in [0.1, 0.15) is 47.0 Å². The molecule has 1 aliphatic carbocycles. The fourth-order valence-electron chi connectivity index (χ4n) is 2.98. The van der Waals surface area contributed by atoms with Crippen LogP contribution >= 0.6 is 0 Å². The SMILES string of the molecule is CC1CC(C(=O)O)C(C(=O)NC(CCO)C(C)(C)C)C1. The van der Waals surface area contributed by atoms with Gasteiger partial charge in [-0.2, -0.15) is 0 Å². The standard InChI is InChI=1S/C15H27NO4/c1-9-7-10(11(8-9)14(19)20)13(18)16-12(5-6-17)15(2,3)4/h9-12,17H,5-8H2,1-4H3,(H,16,18)(H,19,20). The summed E-state index contributed by atoms with van der Waals surface area (Å²) < 4.78 is 0. The molecule has 0 aromatic heterocycles. The van der Waals surface area contributed by atoms with Gasteiger partial charge in [-0.05, 0) is 30.6 Å². The van der Waals surface area contributed by atoms with Crippen LogP contribution in [0.5, 0.6) is 0 Å². The number of aliphatic hydroxyl groups is 1. The Morgan fingerprint density at radius 2 is 1.80 bits per heavy atom. The number of hydrogen-bond acceptors (Lipinski definition) is 3. The lowest BCUT2D eigenvalue weighted by Gasteiger charge is -2.32. The molecule has 0 radical (unpaired) electrons. The van der Waals surface area contributed by atoms with Crippen LogP contribution in [0.4, 0.5) is 0 Å². The van der Waals surface area contributed by atoms with Crippen molar-refractivity contribution < 1.29 is 19.8 Å². The maximum absolute atomic E-state index is 12.4. The average molecular weight is 285 g/mol. The first-order valence-corrected chi connectivity index (χ1v) is 7.30. The van der Waals surface area contributed by atoms with E-state index < -0.39 is 17.8 Å². The maximum atomic E-state index is 12.4. The van der Waals surface area contributed by atoms with Crippen molar-refractivity contribution in [2.75, 3.05) is 6.61 Å². The lowest BCUT2D eigenvalue weighted by molar-refractivity contribution is -0.146. The highest BCUT2D eigenvalue weighted by atomic mass is 16.4. The number of aliphatic carboxylic acids is 1. The molecule has 0 heterocycles. The summed E-state index contributed by atoms with van der Waals surface area (Å²) in [5.74, 6) is -1.84. The Kier molecular flexibility index (Phi) is 5.57. The molecule has 1 saturated carbocycles. The Hall–Kier alpha value is -1.10. The van der Waals surface area contributed by atoms with E-state index in [0.29, 0.717) is 19.3 Å². The number of carbonyl (C=O) groups is 2. The van der Waals surface area contributed by atoms with Gasteiger partial charge in [0.05, 0.1) is 11.8 Å². The number of nitrogens with one attached hydrogen (secondary N) is 1. The lowest BCUT2D eigenvalue weighted by Crippen LogP contribution is -2.47. The van der Waals surface area contributed by atoms with E-state index in [2.05, 4.69) is 5.32 Å².